The Morgan fingerprint density at radius 1 is 1.09 bits per heavy atom. The molecule has 1 fully saturated rings. The van der Waals surface area contributed by atoms with E-state index >= 15 is 0 Å². The Bertz CT molecular complexity index is 1070. The first-order valence-electron chi connectivity index (χ1n) is 11.4. The lowest BCUT2D eigenvalue weighted by atomic mass is 9.82. The molecule has 0 spiro atoms. The number of nitrogens with zero attached hydrogens (tertiary/aromatic N) is 2. The van der Waals surface area contributed by atoms with E-state index in [9.17, 15) is 24.6 Å². The van der Waals surface area contributed by atoms with E-state index in [0.717, 1.165) is 30.5 Å². The molecule has 9 heteroatoms. The number of aliphatic carboxylic acids is 2. The second kappa shape index (κ2) is 9.76. The molecule has 1 aromatic carbocycles. The number of carboxylic acids is 2. The lowest BCUT2D eigenvalue weighted by molar-refractivity contribution is -0.146. The molecular formula is C24H30N4O5. The normalized spacial score (nSPS) is 22.8. The molecule has 3 unspecified atom stereocenters. The van der Waals surface area contributed by atoms with Crippen molar-refractivity contribution in [1.29, 1.82) is 0 Å². The molecular weight excluding hydrogens is 424 g/mol. The van der Waals surface area contributed by atoms with Gasteiger partial charge in [0.1, 0.15) is 6.04 Å². The Morgan fingerprint density at radius 2 is 1.79 bits per heavy atom. The van der Waals surface area contributed by atoms with Crippen molar-refractivity contribution in [2.75, 3.05) is 38.0 Å². The van der Waals surface area contributed by atoms with Gasteiger partial charge >= 0.3 is 11.9 Å². The molecule has 0 saturated carbocycles. The summed E-state index contributed by atoms with van der Waals surface area (Å²) in [6, 6.07) is 4.56. The fourth-order valence-electron chi connectivity index (χ4n) is 4.89. The van der Waals surface area contributed by atoms with Crippen LogP contribution in [-0.2, 0) is 14.4 Å². The first-order valence-corrected chi connectivity index (χ1v) is 11.4. The zero-order valence-corrected chi connectivity index (χ0v) is 18.7. The Morgan fingerprint density at radius 3 is 2.42 bits per heavy atom. The van der Waals surface area contributed by atoms with Crippen LogP contribution in [0.3, 0.4) is 0 Å². The first-order chi connectivity index (χ1) is 15.9. The summed E-state index contributed by atoms with van der Waals surface area (Å²) in [4.78, 5) is 43.9. The number of anilines is 1. The molecule has 33 heavy (non-hydrogen) atoms. The summed E-state index contributed by atoms with van der Waals surface area (Å²) in [6.07, 6.45) is 6.11. The number of carboxylic acid groups (broad SMARTS) is 2. The number of nitrogens with one attached hydrogen (secondary N) is 2. The van der Waals surface area contributed by atoms with Gasteiger partial charge in [-0.2, -0.15) is 0 Å². The molecule has 4 N–H and O–H groups in total. The number of aromatic nitrogens is 1. The summed E-state index contributed by atoms with van der Waals surface area (Å²) >= 11 is 0. The molecule has 9 nitrogen and oxygen atoms in total. The maximum Gasteiger partial charge on any atom is 0.325 e. The summed E-state index contributed by atoms with van der Waals surface area (Å²) < 4.78 is 0. The third-order valence-corrected chi connectivity index (χ3v) is 6.82. The third-order valence-electron chi connectivity index (χ3n) is 6.82. The van der Waals surface area contributed by atoms with Gasteiger partial charge in [-0.25, -0.2) is 0 Å². The average Bonchev–Trinajstić information content (AvgIpc) is 3.22. The molecule has 4 rings (SSSR count). The van der Waals surface area contributed by atoms with Gasteiger partial charge in [0.15, 0.2) is 0 Å². The van der Waals surface area contributed by atoms with E-state index < -0.39 is 29.8 Å². The highest BCUT2D eigenvalue weighted by atomic mass is 16.4. The molecule has 1 amide bonds. The maximum atomic E-state index is 12.8. The van der Waals surface area contributed by atoms with Crippen LogP contribution in [0.4, 0.5) is 5.69 Å². The van der Waals surface area contributed by atoms with Gasteiger partial charge in [0.05, 0.1) is 11.8 Å². The van der Waals surface area contributed by atoms with E-state index in [1.54, 1.807) is 24.4 Å². The Labute approximate surface area is 192 Å². The van der Waals surface area contributed by atoms with Crippen molar-refractivity contribution >= 4 is 34.4 Å². The molecule has 2 heterocycles. The average molecular weight is 455 g/mol. The number of carbonyl (C=O) groups is 3. The van der Waals surface area contributed by atoms with Gasteiger partial charge in [-0.15, -0.1) is 0 Å². The highest BCUT2D eigenvalue weighted by Crippen LogP contribution is 2.32. The van der Waals surface area contributed by atoms with E-state index in [1.807, 2.05) is 17.0 Å². The van der Waals surface area contributed by atoms with Crippen molar-refractivity contribution in [3.63, 3.8) is 0 Å². The van der Waals surface area contributed by atoms with Crippen LogP contribution in [0.15, 0.2) is 36.5 Å². The minimum Gasteiger partial charge on any atom is -0.481 e. The second-order valence-corrected chi connectivity index (χ2v) is 8.70. The summed E-state index contributed by atoms with van der Waals surface area (Å²) in [5.74, 6) is -3.54. The van der Waals surface area contributed by atoms with Crippen LogP contribution >= 0.6 is 0 Å². The molecule has 1 aliphatic heterocycles. The number of amides is 1. The molecule has 2 aliphatic rings. The molecule has 176 valence electrons. The number of allylic oxidation sites excluding steroid dienone is 2. The number of carbonyl (C=O) groups excluding carboxylic acids is 1. The van der Waals surface area contributed by atoms with Gasteiger partial charge in [0.2, 0.25) is 5.91 Å². The highest BCUT2D eigenvalue weighted by Gasteiger charge is 2.34. The summed E-state index contributed by atoms with van der Waals surface area (Å²) in [7, 11) is 0. The number of rotatable bonds is 7. The van der Waals surface area contributed by atoms with Crippen LogP contribution in [0.5, 0.6) is 0 Å². The lowest BCUT2D eigenvalue weighted by Crippen LogP contribution is -2.49. The molecule has 1 aliphatic carbocycles. The minimum absolute atomic E-state index is 0.324. The van der Waals surface area contributed by atoms with E-state index in [-0.39, 0.29) is 5.91 Å². The second-order valence-electron chi connectivity index (χ2n) is 8.70. The lowest BCUT2D eigenvalue weighted by Gasteiger charge is -2.37. The number of hydrogen-bond donors (Lipinski definition) is 4. The molecule has 0 radical (unpaired) electrons. The Hall–Kier alpha value is -3.17. The zero-order valence-electron chi connectivity index (χ0n) is 18.7. The monoisotopic (exact) mass is 454 g/mol. The van der Waals surface area contributed by atoms with Gasteiger partial charge in [0, 0.05) is 54.5 Å². The first kappa shape index (κ1) is 23.0. The minimum atomic E-state index is -0.969. The highest BCUT2D eigenvalue weighted by molar-refractivity contribution is 5.98. The van der Waals surface area contributed by atoms with Gasteiger partial charge in [-0.3, -0.25) is 19.3 Å². The van der Waals surface area contributed by atoms with Crippen molar-refractivity contribution in [2.24, 2.45) is 11.8 Å². The number of piperazine rings is 1. The molecule has 2 aromatic rings. The Balaban J connectivity index is 1.53. The molecule has 1 aromatic heterocycles. The van der Waals surface area contributed by atoms with Crippen molar-refractivity contribution in [2.45, 2.75) is 25.8 Å². The van der Waals surface area contributed by atoms with Crippen molar-refractivity contribution in [1.82, 2.24) is 14.8 Å². The fraction of sp³-hybridized carbons (Fsp3) is 0.458. The number of likely N-dealkylation sites (N-methyl/N-ethyl adjacent to an activating group) is 1. The van der Waals surface area contributed by atoms with Crippen molar-refractivity contribution in [3.05, 3.63) is 42.1 Å². The summed E-state index contributed by atoms with van der Waals surface area (Å²) in [5.41, 5.74) is 1.96. The van der Waals surface area contributed by atoms with E-state index in [4.69, 9.17) is 0 Å². The topological polar surface area (TPSA) is 126 Å². The largest absolute Gasteiger partial charge is 0.481 e. The molecule has 3 atom stereocenters. The fourth-order valence-corrected chi connectivity index (χ4v) is 4.89. The quantitative estimate of drug-likeness (QED) is 0.474. The van der Waals surface area contributed by atoms with E-state index in [1.165, 1.54) is 0 Å². The number of benzene rings is 1. The van der Waals surface area contributed by atoms with Crippen LogP contribution in [-0.4, -0.2) is 75.6 Å². The zero-order chi connectivity index (χ0) is 23.5. The standard InChI is InChI=1S/C24H30N4O5/c1-2-27-9-11-28(12-10-27)21(24(32)33)19-14-25-20-13-15(7-8-16(19)20)26-22(29)17-5-3-4-6-18(17)23(30)31/h3-4,7-8,13-14,17-18,21,25H,2,5-6,9-12H2,1H3,(H,26,29)(H,30,31)(H,32,33). The third kappa shape index (κ3) is 4.79. The molecule has 0 bridgehead atoms. The molecule has 1 saturated heterocycles. The van der Waals surface area contributed by atoms with Crippen molar-refractivity contribution < 1.29 is 24.6 Å². The van der Waals surface area contributed by atoms with Crippen molar-refractivity contribution in [3.8, 4) is 0 Å². The maximum absolute atomic E-state index is 12.8. The van der Waals surface area contributed by atoms with E-state index in [0.29, 0.717) is 37.2 Å². The van der Waals surface area contributed by atoms with E-state index in [2.05, 4.69) is 22.1 Å². The van der Waals surface area contributed by atoms with Gasteiger partial charge in [-0.05, 0) is 31.5 Å². The van der Waals surface area contributed by atoms with Crippen LogP contribution in [0.2, 0.25) is 0 Å². The summed E-state index contributed by atoms with van der Waals surface area (Å²) in [6.45, 7) is 6.11. The Kier molecular flexibility index (Phi) is 6.80. The number of H-pyrrole nitrogens is 1. The SMILES string of the molecule is CCN1CCN(C(C(=O)O)c2c[nH]c3cc(NC(=O)C4CC=CCC4C(=O)O)ccc23)CC1. The number of fused-ring (bicyclic) bond motifs is 1. The van der Waals surface area contributed by atoms with Gasteiger partial charge in [-0.1, -0.05) is 25.1 Å². The summed E-state index contributed by atoms with van der Waals surface area (Å²) in [5, 5.41) is 23.0. The van der Waals surface area contributed by atoms with Gasteiger partial charge < -0.3 is 25.4 Å². The van der Waals surface area contributed by atoms with Crippen LogP contribution in [0.25, 0.3) is 10.9 Å². The predicted octanol–water partition coefficient (Wildman–Crippen LogP) is 2.54. The predicted molar refractivity (Wildman–Crippen MR) is 124 cm³/mol. The van der Waals surface area contributed by atoms with Crippen LogP contribution < -0.4 is 5.32 Å². The number of hydrogen-bond acceptors (Lipinski definition) is 5. The smallest absolute Gasteiger partial charge is 0.325 e. The number of aromatic amines is 1. The van der Waals surface area contributed by atoms with Gasteiger partial charge in [0.25, 0.3) is 0 Å². The van der Waals surface area contributed by atoms with Crippen LogP contribution in [0, 0.1) is 11.8 Å². The van der Waals surface area contributed by atoms with Crippen LogP contribution in [0.1, 0.15) is 31.4 Å².